The topological polar surface area (TPSA) is 29.1 Å². The minimum Gasteiger partial charge on any atom is -0.316 e. The number of carbonyl (C=O) groups is 1. The van der Waals surface area contributed by atoms with Crippen LogP contribution in [-0.2, 0) is 0 Å². The molecule has 2 nitrogen and oxygen atoms in total. The molecule has 0 atom stereocenters. The number of likely N-dealkylation sites (N-methyl/N-ethyl adjacent to an activating group) is 1. The maximum atomic E-state index is 11.2. The Morgan fingerprint density at radius 1 is 1.43 bits per heavy atom. The molecule has 0 fully saturated rings. The molecule has 0 bridgehead atoms. The summed E-state index contributed by atoms with van der Waals surface area (Å²) in [5.74, 6) is 0.106. The Morgan fingerprint density at radius 2 is 2.14 bits per heavy atom. The fraction of sp³-hybridized carbons (Fsp3) is 0.250. The molecule has 0 aliphatic rings. The van der Waals surface area contributed by atoms with Crippen molar-refractivity contribution in [2.45, 2.75) is 6.92 Å². The summed E-state index contributed by atoms with van der Waals surface area (Å²) in [6.45, 7) is 2.40. The molecule has 0 saturated carbocycles. The van der Waals surface area contributed by atoms with Gasteiger partial charge in [0.2, 0.25) is 0 Å². The van der Waals surface area contributed by atoms with Crippen molar-refractivity contribution in [2.24, 2.45) is 0 Å². The van der Waals surface area contributed by atoms with E-state index in [1.165, 1.54) is 0 Å². The van der Waals surface area contributed by atoms with Crippen molar-refractivity contribution in [1.29, 1.82) is 0 Å². The Hall–Kier alpha value is -1.41. The van der Waals surface area contributed by atoms with E-state index in [1.54, 1.807) is 6.92 Å². The second-order valence-corrected chi connectivity index (χ2v) is 3.10. The van der Waals surface area contributed by atoms with Crippen LogP contribution >= 0.6 is 0 Å². The van der Waals surface area contributed by atoms with E-state index in [2.05, 4.69) is 5.32 Å². The molecule has 1 aromatic rings. The molecule has 0 aliphatic carbocycles. The van der Waals surface area contributed by atoms with Gasteiger partial charge in [-0.1, -0.05) is 36.4 Å². The van der Waals surface area contributed by atoms with Crippen LogP contribution in [0.3, 0.4) is 0 Å². The van der Waals surface area contributed by atoms with Crippen molar-refractivity contribution in [3.63, 3.8) is 0 Å². The van der Waals surface area contributed by atoms with Gasteiger partial charge < -0.3 is 5.32 Å². The van der Waals surface area contributed by atoms with E-state index in [0.29, 0.717) is 0 Å². The zero-order valence-electron chi connectivity index (χ0n) is 8.58. The second-order valence-electron chi connectivity index (χ2n) is 3.10. The minimum atomic E-state index is 0.106. The first kappa shape index (κ1) is 10.7. The molecule has 0 aromatic heterocycles. The first-order valence-corrected chi connectivity index (χ1v) is 4.67. The first-order valence-electron chi connectivity index (χ1n) is 4.67. The normalized spacial score (nSPS) is 10.7. The lowest BCUT2D eigenvalue weighted by Crippen LogP contribution is -2.04. The summed E-state index contributed by atoms with van der Waals surface area (Å²) in [7, 11) is 1.89. The van der Waals surface area contributed by atoms with Gasteiger partial charge >= 0.3 is 0 Å². The molecular weight excluding hydrogens is 174 g/mol. The summed E-state index contributed by atoms with van der Waals surface area (Å²) < 4.78 is 0. The fourth-order valence-electron chi connectivity index (χ4n) is 1.27. The maximum absolute atomic E-state index is 11.2. The van der Waals surface area contributed by atoms with Crippen LogP contribution in [0.5, 0.6) is 0 Å². The van der Waals surface area contributed by atoms with Gasteiger partial charge in [0, 0.05) is 12.1 Å². The van der Waals surface area contributed by atoms with Crippen LogP contribution < -0.4 is 5.32 Å². The van der Waals surface area contributed by atoms with Gasteiger partial charge in [-0.05, 0) is 19.5 Å². The highest BCUT2D eigenvalue weighted by atomic mass is 16.1. The smallest absolute Gasteiger partial charge is 0.160 e. The average molecular weight is 189 g/mol. The van der Waals surface area contributed by atoms with Gasteiger partial charge in [-0.15, -0.1) is 0 Å². The third-order valence-electron chi connectivity index (χ3n) is 1.96. The summed E-state index contributed by atoms with van der Waals surface area (Å²) in [5, 5.41) is 3.01. The summed E-state index contributed by atoms with van der Waals surface area (Å²) in [4.78, 5) is 11.2. The molecule has 0 spiro atoms. The second kappa shape index (κ2) is 5.35. The predicted octanol–water partition coefficient (Wildman–Crippen LogP) is 2.12. The third-order valence-corrected chi connectivity index (χ3v) is 1.96. The van der Waals surface area contributed by atoms with E-state index in [-0.39, 0.29) is 5.78 Å². The average Bonchev–Trinajstić information content (AvgIpc) is 2.19. The summed E-state index contributed by atoms with van der Waals surface area (Å²) in [6, 6.07) is 7.61. The van der Waals surface area contributed by atoms with Crippen LogP contribution in [0.4, 0.5) is 0 Å². The number of ketones is 1. The van der Waals surface area contributed by atoms with E-state index in [9.17, 15) is 4.79 Å². The lowest BCUT2D eigenvalue weighted by molar-refractivity contribution is 0.101. The van der Waals surface area contributed by atoms with Gasteiger partial charge in [0.1, 0.15) is 0 Å². The van der Waals surface area contributed by atoms with Gasteiger partial charge in [-0.2, -0.15) is 0 Å². The molecule has 2 heteroatoms. The highest BCUT2D eigenvalue weighted by Crippen LogP contribution is 2.10. The van der Waals surface area contributed by atoms with Crippen LogP contribution in [0, 0.1) is 0 Å². The lowest BCUT2D eigenvalue weighted by Gasteiger charge is -2.00. The van der Waals surface area contributed by atoms with Gasteiger partial charge in [0.25, 0.3) is 0 Å². The molecule has 1 N–H and O–H groups in total. The van der Waals surface area contributed by atoms with E-state index < -0.39 is 0 Å². The highest BCUT2D eigenvalue weighted by molar-refractivity contribution is 5.97. The molecule has 0 heterocycles. The van der Waals surface area contributed by atoms with Crippen LogP contribution in [0.1, 0.15) is 22.8 Å². The Morgan fingerprint density at radius 3 is 2.79 bits per heavy atom. The number of hydrogen-bond donors (Lipinski definition) is 1. The molecule has 1 rings (SSSR count). The largest absolute Gasteiger partial charge is 0.316 e. The van der Waals surface area contributed by atoms with Gasteiger partial charge in [0.15, 0.2) is 5.78 Å². The number of hydrogen-bond acceptors (Lipinski definition) is 2. The molecule has 0 radical (unpaired) electrons. The van der Waals surface area contributed by atoms with Crippen molar-refractivity contribution in [1.82, 2.24) is 5.32 Å². The van der Waals surface area contributed by atoms with Gasteiger partial charge in [0.05, 0.1) is 0 Å². The standard InChI is InChI=1S/C12H15NO/c1-10(14)12-8-4-3-6-11(12)7-5-9-13-2/h3-8,13H,9H2,1-2H3. The summed E-state index contributed by atoms with van der Waals surface area (Å²) >= 11 is 0. The van der Waals surface area contributed by atoms with Crippen LogP contribution in [0.25, 0.3) is 6.08 Å². The van der Waals surface area contributed by atoms with E-state index in [4.69, 9.17) is 0 Å². The maximum Gasteiger partial charge on any atom is 0.160 e. The SMILES string of the molecule is CNCC=Cc1ccccc1C(C)=O. The van der Waals surface area contributed by atoms with E-state index in [1.807, 2.05) is 43.5 Å². The zero-order valence-corrected chi connectivity index (χ0v) is 8.58. The molecule has 0 saturated heterocycles. The Kier molecular flexibility index (Phi) is 4.08. The Balaban J connectivity index is 2.90. The summed E-state index contributed by atoms with van der Waals surface area (Å²) in [6.07, 6.45) is 3.97. The Labute approximate surface area is 84.6 Å². The quantitative estimate of drug-likeness (QED) is 0.735. The molecular formula is C12H15NO. The number of carbonyl (C=O) groups excluding carboxylic acids is 1. The molecule has 0 amide bonds. The number of rotatable bonds is 4. The molecule has 1 aromatic carbocycles. The van der Waals surface area contributed by atoms with Crippen molar-refractivity contribution in [2.75, 3.05) is 13.6 Å². The molecule has 0 unspecified atom stereocenters. The monoisotopic (exact) mass is 189 g/mol. The third kappa shape index (κ3) is 2.82. The molecule has 14 heavy (non-hydrogen) atoms. The van der Waals surface area contributed by atoms with Crippen molar-refractivity contribution in [3.8, 4) is 0 Å². The number of Topliss-reactive ketones (excluding diaryl/α,β-unsaturated/α-hetero) is 1. The lowest BCUT2D eigenvalue weighted by atomic mass is 10.0. The van der Waals surface area contributed by atoms with Gasteiger partial charge in [-0.25, -0.2) is 0 Å². The van der Waals surface area contributed by atoms with E-state index >= 15 is 0 Å². The summed E-state index contributed by atoms with van der Waals surface area (Å²) in [5.41, 5.74) is 1.76. The first-order chi connectivity index (χ1) is 6.75. The van der Waals surface area contributed by atoms with Crippen LogP contribution in [0.2, 0.25) is 0 Å². The number of nitrogens with one attached hydrogen (secondary N) is 1. The van der Waals surface area contributed by atoms with Crippen LogP contribution in [0.15, 0.2) is 30.3 Å². The van der Waals surface area contributed by atoms with Crippen LogP contribution in [-0.4, -0.2) is 19.4 Å². The zero-order chi connectivity index (χ0) is 10.4. The Bertz CT molecular complexity index is 342. The van der Waals surface area contributed by atoms with Crippen molar-refractivity contribution < 1.29 is 4.79 Å². The molecule has 0 aliphatic heterocycles. The highest BCUT2D eigenvalue weighted by Gasteiger charge is 2.01. The van der Waals surface area contributed by atoms with E-state index in [0.717, 1.165) is 17.7 Å². The fourth-order valence-corrected chi connectivity index (χ4v) is 1.27. The predicted molar refractivity (Wildman–Crippen MR) is 59.4 cm³/mol. The van der Waals surface area contributed by atoms with Crippen molar-refractivity contribution in [3.05, 3.63) is 41.5 Å². The number of benzene rings is 1. The minimum absolute atomic E-state index is 0.106. The van der Waals surface area contributed by atoms with Crippen molar-refractivity contribution >= 4 is 11.9 Å². The molecule has 74 valence electrons. The van der Waals surface area contributed by atoms with Gasteiger partial charge in [-0.3, -0.25) is 4.79 Å².